The number of aromatic nitrogens is 2. The lowest BCUT2D eigenvalue weighted by Gasteiger charge is -2.31. The Bertz CT molecular complexity index is 404. The van der Waals surface area contributed by atoms with Crippen molar-refractivity contribution < 1.29 is 4.79 Å². The zero-order valence-corrected chi connectivity index (χ0v) is 11.0. The normalized spacial score (nSPS) is 20.7. The highest BCUT2D eigenvalue weighted by molar-refractivity contribution is 5.81. The molecule has 2 heterocycles. The predicted molar refractivity (Wildman–Crippen MR) is 68.9 cm³/mol. The average molecular weight is 248 g/mol. The van der Waals surface area contributed by atoms with Crippen LogP contribution in [0.3, 0.4) is 0 Å². The summed E-state index contributed by atoms with van der Waals surface area (Å²) in [6.45, 7) is 3.35. The monoisotopic (exact) mass is 248 g/mol. The Morgan fingerprint density at radius 1 is 1.44 bits per heavy atom. The van der Waals surface area contributed by atoms with Crippen molar-refractivity contribution in [3.63, 3.8) is 0 Å². The van der Waals surface area contributed by atoms with Gasteiger partial charge in [0.05, 0.1) is 30.2 Å². The molecule has 1 N–H and O–H groups in total. The number of carbonyl (C=O) groups excluding carboxylic acids is 1. The first-order chi connectivity index (χ1) is 8.66. The molecule has 0 radical (unpaired) electrons. The van der Waals surface area contributed by atoms with Crippen LogP contribution in [0.25, 0.3) is 0 Å². The molecular weight excluding hydrogens is 228 g/mol. The minimum absolute atomic E-state index is 0.0113. The second kappa shape index (κ2) is 5.91. The summed E-state index contributed by atoms with van der Waals surface area (Å²) in [5.41, 5.74) is 1.68. The van der Waals surface area contributed by atoms with Gasteiger partial charge in [0, 0.05) is 6.20 Å². The van der Waals surface area contributed by atoms with E-state index in [1.54, 1.807) is 12.4 Å². The molecule has 98 valence electrons. The number of piperidine rings is 1. The molecule has 0 aliphatic carbocycles. The molecule has 1 atom stereocenters. The molecule has 0 unspecified atom stereocenters. The number of likely N-dealkylation sites (N-methyl/N-ethyl adjacent to an activating group) is 1. The molecule has 1 saturated heterocycles. The van der Waals surface area contributed by atoms with Crippen molar-refractivity contribution in [2.45, 2.75) is 38.8 Å². The van der Waals surface area contributed by atoms with Gasteiger partial charge in [0.15, 0.2) is 0 Å². The van der Waals surface area contributed by atoms with Crippen molar-refractivity contribution in [3.05, 3.63) is 23.8 Å². The molecule has 5 heteroatoms. The van der Waals surface area contributed by atoms with Gasteiger partial charge in [-0.25, -0.2) is 0 Å². The van der Waals surface area contributed by atoms with Gasteiger partial charge in [0.1, 0.15) is 0 Å². The van der Waals surface area contributed by atoms with Gasteiger partial charge in [-0.2, -0.15) is 0 Å². The fourth-order valence-corrected chi connectivity index (χ4v) is 2.21. The van der Waals surface area contributed by atoms with E-state index in [9.17, 15) is 4.79 Å². The highest BCUT2D eigenvalue weighted by atomic mass is 16.2. The summed E-state index contributed by atoms with van der Waals surface area (Å²) in [6, 6.07) is 0.0113. The van der Waals surface area contributed by atoms with E-state index in [2.05, 4.69) is 20.2 Å². The Morgan fingerprint density at radius 3 is 2.94 bits per heavy atom. The van der Waals surface area contributed by atoms with E-state index in [1.807, 2.05) is 14.0 Å². The van der Waals surface area contributed by atoms with E-state index in [0.717, 1.165) is 30.8 Å². The molecule has 0 spiro atoms. The fourth-order valence-electron chi connectivity index (χ4n) is 2.21. The number of carbonyl (C=O) groups is 1. The minimum atomic E-state index is 0.0113. The van der Waals surface area contributed by atoms with E-state index >= 15 is 0 Å². The largest absolute Gasteiger partial charge is 0.349 e. The number of hydrogen-bond donors (Lipinski definition) is 1. The van der Waals surface area contributed by atoms with Gasteiger partial charge in [0.2, 0.25) is 5.91 Å². The summed E-state index contributed by atoms with van der Waals surface area (Å²) in [4.78, 5) is 22.6. The number of nitrogens with one attached hydrogen (secondary N) is 1. The molecule has 2 rings (SSSR count). The third-order valence-corrected chi connectivity index (χ3v) is 3.35. The summed E-state index contributed by atoms with van der Waals surface area (Å²) in [6.07, 6.45) is 6.69. The van der Waals surface area contributed by atoms with Crippen LogP contribution in [0.4, 0.5) is 0 Å². The predicted octanol–water partition coefficient (Wildman–Crippen LogP) is 0.886. The summed E-state index contributed by atoms with van der Waals surface area (Å²) in [7, 11) is 2.01. The Balaban J connectivity index is 1.85. The van der Waals surface area contributed by atoms with Crippen molar-refractivity contribution in [1.29, 1.82) is 0 Å². The summed E-state index contributed by atoms with van der Waals surface area (Å²) in [5, 5.41) is 2.94. The van der Waals surface area contributed by atoms with Gasteiger partial charge in [-0.15, -0.1) is 0 Å². The zero-order valence-electron chi connectivity index (χ0n) is 11.0. The number of aryl methyl sites for hydroxylation is 1. The first-order valence-corrected chi connectivity index (χ1v) is 6.42. The van der Waals surface area contributed by atoms with Crippen molar-refractivity contribution in [3.8, 4) is 0 Å². The molecule has 1 amide bonds. The smallest absolute Gasteiger partial charge is 0.237 e. The van der Waals surface area contributed by atoms with E-state index in [4.69, 9.17) is 0 Å². The maximum absolute atomic E-state index is 12.0. The highest BCUT2D eigenvalue weighted by Gasteiger charge is 2.25. The van der Waals surface area contributed by atoms with E-state index in [-0.39, 0.29) is 11.9 Å². The van der Waals surface area contributed by atoms with Crippen molar-refractivity contribution in [1.82, 2.24) is 20.2 Å². The third-order valence-electron chi connectivity index (χ3n) is 3.35. The molecule has 0 bridgehead atoms. The van der Waals surface area contributed by atoms with Crippen LogP contribution in [0, 0.1) is 6.92 Å². The first kappa shape index (κ1) is 13.0. The average Bonchev–Trinajstić information content (AvgIpc) is 2.38. The maximum Gasteiger partial charge on any atom is 0.237 e. The second-order valence-electron chi connectivity index (χ2n) is 4.86. The molecule has 1 fully saturated rings. The number of hydrogen-bond acceptors (Lipinski definition) is 4. The maximum atomic E-state index is 12.0. The lowest BCUT2D eigenvalue weighted by atomic mass is 10.0. The van der Waals surface area contributed by atoms with Gasteiger partial charge in [-0.3, -0.25) is 19.7 Å². The molecule has 1 aliphatic heterocycles. The standard InChI is InChI=1S/C13H20N4O/c1-10-7-15-11(8-14-10)9-16-13(18)12-5-3-4-6-17(12)2/h7-8,12H,3-6,9H2,1-2H3,(H,16,18)/t12-/m1/s1. The Labute approximate surface area is 108 Å². The van der Waals surface area contributed by atoms with Crippen LogP contribution >= 0.6 is 0 Å². The van der Waals surface area contributed by atoms with Gasteiger partial charge in [-0.05, 0) is 33.4 Å². The molecular formula is C13H20N4O. The Morgan fingerprint density at radius 2 is 2.28 bits per heavy atom. The van der Waals surface area contributed by atoms with Crippen LogP contribution in [-0.4, -0.2) is 40.4 Å². The van der Waals surface area contributed by atoms with Crippen molar-refractivity contribution in [2.75, 3.05) is 13.6 Å². The van der Waals surface area contributed by atoms with Gasteiger partial charge in [-0.1, -0.05) is 6.42 Å². The van der Waals surface area contributed by atoms with Crippen LogP contribution in [0.2, 0.25) is 0 Å². The topological polar surface area (TPSA) is 58.1 Å². The van der Waals surface area contributed by atoms with Crippen LogP contribution in [0.15, 0.2) is 12.4 Å². The number of nitrogens with zero attached hydrogens (tertiary/aromatic N) is 3. The summed E-state index contributed by atoms with van der Waals surface area (Å²) in [5.74, 6) is 0.0968. The quantitative estimate of drug-likeness (QED) is 0.863. The van der Waals surface area contributed by atoms with E-state index < -0.39 is 0 Å². The SMILES string of the molecule is Cc1cnc(CNC(=O)[C@H]2CCCCN2C)cn1. The number of rotatable bonds is 3. The minimum Gasteiger partial charge on any atom is -0.349 e. The van der Waals surface area contributed by atoms with Crippen LogP contribution < -0.4 is 5.32 Å². The molecule has 18 heavy (non-hydrogen) atoms. The van der Waals surface area contributed by atoms with Crippen molar-refractivity contribution >= 4 is 5.91 Å². The van der Waals surface area contributed by atoms with Crippen LogP contribution in [0.5, 0.6) is 0 Å². The molecule has 1 aliphatic rings. The molecule has 1 aromatic rings. The van der Waals surface area contributed by atoms with Crippen LogP contribution in [0.1, 0.15) is 30.7 Å². The Hall–Kier alpha value is -1.49. The highest BCUT2D eigenvalue weighted by Crippen LogP contribution is 2.14. The van der Waals surface area contributed by atoms with Crippen molar-refractivity contribution in [2.24, 2.45) is 0 Å². The summed E-state index contributed by atoms with van der Waals surface area (Å²) >= 11 is 0. The molecule has 5 nitrogen and oxygen atoms in total. The first-order valence-electron chi connectivity index (χ1n) is 6.42. The Kier molecular flexibility index (Phi) is 4.25. The molecule has 0 saturated carbocycles. The van der Waals surface area contributed by atoms with E-state index in [1.165, 1.54) is 6.42 Å². The fraction of sp³-hybridized carbons (Fsp3) is 0.615. The van der Waals surface area contributed by atoms with Gasteiger partial charge in [0.25, 0.3) is 0 Å². The molecule has 1 aromatic heterocycles. The lowest BCUT2D eigenvalue weighted by molar-refractivity contribution is -0.127. The van der Waals surface area contributed by atoms with Gasteiger partial charge >= 0.3 is 0 Å². The van der Waals surface area contributed by atoms with Gasteiger partial charge < -0.3 is 5.32 Å². The molecule has 0 aromatic carbocycles. The lowest BCUT2D eigenvalue weighted by Crippen LogP contribution is -2.47. The second-order valence-corrected chi connectivity index (χ2v) is 4.86. The number of likely N-dealkylation sites (tertiary alicyclic amines) is 1. The third kappa shape index (κ3) is 3.26. The zero-order chi connectivity index (χ0) is 13.0. The van der Waals surface area contributed by atoms with Crippen LogP contribution in [-0.2, 0) is 11.3 Å². The van der Waals surface area contributed by atoms with E-state index in [0.29, 0.717) is 6.54 Å². The number of amides is 1. The summed E-state index contributed by atoms with van der Waals surface area (Å²) < 4.78 is 0.